The molecule has 0 saturated carbocycles. The largest absolute Gasteiger partial charge is 0.472 e. The number of furan rings is 1. The smallest absolute Gasteiger partial charge is 0.314 e. The van der Waals surface area contributed by atoms with Gasteiger partial charge in [-0.05, 0) is 18.9 Å². The lowest BCUT2D eigenvalue weighted by Gasteiger charge is -2.33. The average Bonchev–Trinajstić information content (AvgIpc) is 2.85. The van der Waals surface area contributed by atoms with Gasteiger partial charge >= 0.3 is 5.97 Å². The summed E-state index contributed by atoms with van der Waals surface area (Å²) in [6, 6.07) is 1.88. The molecule has 2 aliphatic rings. The third-order valence-electron chi connectivity index (χ3n) is 3.82. The van der Waals surface area contributed by atoms with Gasteiger partial charge in [-0.1, -0.05) is 19.1 Å². The Morgan fingerprint density at radius 3 is 3.12 bits per heavy atom. The molecule has 0 amide bonds. The molecule has 3 nitrogen and oxygen atoms in total. The van der Waals surface area contributed by atoms with Crippen LogP contribution >= 0.6 is 0 Å². The molecule has 1 fully saturated rings. The molecule has 3 heteroatoms. The van der Waals surface area contributed by atoms with Crippen LogP contribution < -0.4 is 0 Å². The zero-order valence-corrected chi connectivity index (χ0v) is 9.18. The van der Waals surface area contributed by atoms with Gasteiger partial charge < -0.3 is 9.15 Å². The molecule has 1 aromatic heterocycles. The van der Waals surface area contributed by atoms with Crippen LogP contribution in [0.4, 0.5) is 0 Å². The number of cyclic esters (lactones) is 1. The van der Waals surface area contributed by atoms with Crippen molar-refractivity contribution in [3.05, 3.63) is 36.3 Å². The maximum Gasteiger partial charge on any atom is 0.314 e. The Morgan fingerprint density at radius 1 is 1.50 bits per heavy atom. The molecule has 16 heavy (non-hydrogen) atoms. The fourth-order valence-corrected chi connectivity index (χ4v) is 2.84. The Hall–Kier alpha value is -1.51. The second-order valence-electron chi connectivity index (χ2n) is 4.82. The highest BCUT2D eigenvalue weighted by atomic mass is 16.6. The van der Waals surface area contributed by atoms with Gasteiger partial charge in [0.2, 0.25) is 0 Å². The Balaban J connectivity index is 2.03. The van der Waals surface area contributed by atoms with Crippen LogP contribution in [0.25, 0.3) is 0 Å². The van der Waals surface area contributed by atoms with E-state index in [-0.39, 0.29) is 23.4 Å². The minimum absolute atomic E-state index is 0.0962. The number of hydrogen-bond acceptors (Lipinski definition) is 3. The summed E-state index contributed by atoms with van der Waals surface area (Å²) in [5.41, 5.74) is 0.851. The van der Waals surface area contributed by atoms with E-state index in [1.807, 2.05) is 12.1 Å². The van der Waals surface area contributed by atoms with Gasteiger partial charge in [0, 0.05) is 11.0 Å². The van der Waals surface area contributed by atoms with Crippen LogP contribution in [-0.2, 0) is 9.53 Å². The Labute approximate surface area is 94.1 Å². The van der Waals surface area contributed by atoms with E-state index in [4.69, 9.17) is 9.15 Å². The molecule has 0 bridgehead atoms. The standard InChI is InChI=1S/C13H14O3/c1-13-6-3-2-4-10(13)12(14)16-11(13)9-5-7-15-8-9/h2,4-5,7-8,10-11H,3,6H2,1H3. The molecular weight excluding hydrogens is 204 g/mol. The highest BCUT2D eigenvalue weighted by Crippen LogP contribution is 2.54. The first-order chi connectivity index (χ1) is 7.72. The first-order valence-electron chi connectivity index (χ1n) is 5.61. The second kappa shape index (κ2) is 3.24. The van der Waals surface area contributed by atoms with E-state index in [9.17, 15) is 4.79 Å². The number of fused-ring (bicyclic) bond motifs is 1. The molecule has 1 saturated heterocycles. The third-order valence-corrected chi connectivity index (χ3v) is 3.82. The zero-order valence-electron chi connectivity index (χ0n) is 9.18. The summed E-state index contributed by atoms with van der Waals surface area (Å²) < 4.78 is 10.6. The normalized spacial score (nSPS) is 37.2. The zero-order chi connectivity index (χ0) is 11.2. The van der Waals surface area contributed by atoms with Gasteiger partial charge in [0.25, 0.3) is 0 Å². The summed E-state index contributed by atoms with van der Waals surface area (Å²) in [6.45, 7) is 2.13. The fraction of sp³-hybridized carbons (Fsp3) is 0.462. The highest BCUT2D eigenvalue weighted by Gasteiger charge is 2.54. The van der Waals surface area contributed by atoms with Crippen LogP contribution in [0.5, 0.6) is 0 Å². The predicted molar refractivity (Wildman–Crippen MR) is 57.5 cm³/mol. The van der Waals surface area contributed by atoms with Crippen molar-refractivity contribution >= 4 is 5.97 Å². The topological polar surface area (TPSA) is 39.4 Å². The molecule has 3 atom stereocenters. The lowest BCUT2D eigenvalue weighted by molar-refractivity contribution is -0.143. The Bertz CT molecular complexity index is 432. The van der Waals surface area contributed by atoms with Crippen LogP contribution in [0.2, 0.25) is 0 Å². The minimum atomic E-state index is -0.159. The molecule has 1 aromatic rings. The van der Waals surface area contributed by atoms with Gasteiger partial charge in [0.05, 0.1) is 18.4 Å². The lowest BCUT2D eigenvalue weighted by atomic mass is 9.68. The number of hydrogen-bond donors (Lipinski definition) is 0. The van der Waals surface area contributed by atoms with E-state index in [2.05, 4.69) is 13.0 Å². The van der Waals surface area contributed by atoms with Crippen LogP contribution in [0.1, 0.15) is 31.4 Å². The van der Waals surface area contributed by atoms with E-state index in [0.29, 0.717) is 0 Å². The molecule has 0 N–H and O–H groups in total. The van der Waals surface area contributed by atoms with Crippen molar-refractivity contribution in [1.82, 2.24) is 0 Å². The number of rotatable bonds is 1. The number of ether oxygens (including phenoxy) is 1. The molecule has 0 radical (unpaired) electrons. The van der Waals surface area contributed by atoms with Crippen molar-refractivity contribution in [3.63, 3.8) is 0 Å². The summed E-state index contributed by atoms with van der Waals surface area (Å²) in [6.07, 6.45) is 9.20. The van der Waals surface area contributed by atoms with E-state index < -0.39 is 0 Å². The SMILES string of the molecule is CC12CCC=CC1C(=O)OC2c1ccoc1. The monoisotopic (exact) mass is 218 g/mol. The number of carbonyl (C=O) groups excluding carboxylic acids is 1. The van der Waals surface area contributed by atoms with E-state index in [1.165, 1.54) is 0 Å². The first kappa shape index (κ1) is 9.70. The van der Waals surface area contributed by atoms with Crippen molar-refractivity contribution < 1.29 is 13.9 Å². The van der Waals surface area contributed by atoms with E-state index >= 15 is 0 Å². The van der Waals surface area contributed by atoms with Gasteiger partial charge in [-0.3, -0.25) is 4.79 Å². The van der Waals surface area contributed by atoms with Gasteiger partial charge in [0.1, 0.15) is 6.10 Å². The predicted octanol–water partition coefficient (Wildman–Crippen LogP) is 2.85. The first-order valence-corrected chi connectivity index (χ1v) is 5.61. The maximum absolute atomic E-state index is 11.8. The van der Waals surface area contributed by atoms with E-state index in [1.54, 1.807) is 12.5 Å². The van der Waals surface area contributed by atoms with Crippen LogP contribution in [0.15, 0.2) is 35.2 Å². The minimum Gasteiger partial charge on any atom is -0.472 e. The molecule has 2 heterocycles. The Kier molecular flexibility index (Phi) is 1.96. The van der Waals surface area contributed by atoms with Crippen molar-refractivity contribution in [1.29, 1.82) is 0 Å². The maximum atomic E-state index is 11.8. The van der Waals surface area contributed by atoms with Gasteiger partial charge in [-0.25, -0.2) is 0 Å². The molecule has 3 unspecified atom stereocenters. The highest BCUT2D eigenvalue weighted by molar-refractivity contribution is 5.78. The summed E-state index contributed by atoms with van der Waals surface area (Å²) in [4.78, 5) is 11.8. The molecule has 84 valence electrons. The summed E-state index contributed by atoms with van der Waals surface area (Å²) >= 11 is 0. The van der Waals surface area contributed by atoms with Crippen molar-refractivity contribution in [2.75, 3.05) is 0 Å². The number of esters is 1. The van der Waals surface area contributed by atoms with Crippen molar-refractivity contribution in [2.45, 2.75) is 25.9 Å². The van der Waals surface area contributed by atoms with Crippen LogP contribution in [0.3, 0.4) is 0 Å². The number of allylic oxidation sites excluding steroid dienone is 1. The Morgan fingerprint density at radius 2 is 2.38 bits per heavy atom. The van der Waals surface area contributed by atoms with Gasteiger partial charge in [-0.2, -0.15) is 0 Å². The van der Waals surface area contributed by atoms with Gasteiger partial charge in [0.15, 0.2) is 0 Å². The third kappa shape index (κ3) is 1.17. The van der Waals surface area contributed by atoms with Crippen molar-refractivity contribution in [3.8, 4) is 0 Å². The number of carbonyl (C=O) groups is 1. The molecule has 1 aliphatic heterocycles. The lowest BCUT2D eigenvalue weighted by Crippen LogP contribution is -2.30. The molecule has 0 spiro atoms. The molecule has 1 aliphatic carbocycles. The summed E-state index contributed by atoms with van der Waals surface area (Å²) in [5, 5.41) is 0. The van der Waals surface area contributed by atoms with E-state index in [0.717, 1.165) is 18.4 Å². The second-order valence-corrected chi connectivity index (χ2v) is 4.82. The van der Waals surface area contributed by atoms with Crippen LogP contribution in [-0.4, -0.2) is 5.97 Å². The molecule has 0 aromatic carbocycles. The fourth-order valence-electron chi connectivity index (χ4n) is 2.84. The van der Waals surface area contributed by atoms with Crippen LogP contribution in [0, 0.1) is 11.3 Å². The summed E-state index contributed by atoms with van der Waals surface area (Å²) in [7, 11) is 0. The van der Waals surface area contributed by atoms with Gasteiger partial charge in [-0.15, -0.1) is 0 Å². The molecule has 3 rings (SSSR count). The molecular formula is C13H14O3. The quantitative estimate of drug-likeness (QED) is 0.537. The summed E-state index contributed by atoms with van der Waals surface area (Å²) in [5.74, 6) is -0.203. The van der Waals surface area contributed by atoms with Crippen molar-refractivity contribution in [2.24, 2.45) is 11.3 Å². The average molecular weight is 218 g/mol.